The Morgan fingerprint density at radius 2 is 1.82 bits per heavy atom. The van der Waals surface area contributed by atoms with Gasteiger partial charge in [0, 0.05) is 0 Å². The van der Waals surface area contributed by atoms with Crippen molar-refractivity contribution in [1.82, 2.24) is 0 Å². The molecule has 0 fully saturated rings. The van der Waals surface area contributed by atoms with Gasteiger partial charge in [-0.2, -0.15) is 0 Å². The molecule has 0 spiro atoms. The molecule has 0 aliphatic carbocycles. The molecule has 65 valence electrons. The molecule has 0 nitrogen and oxygen atoms in total. The first-order chi connectivity index (χ1) is 5.13. The second kappa shape index (κ2) is 6.45. The fourth-order valence-corrected chi connectivity index (χ4v) is 0.867. The summed E-state index contributed by atoms with van der Waals surface area (Å²) in [5.74, 6) is 1.39. The van der Waals surface area contributed by atoms with Crippen molar-refractivity contribution in [2.75, 3.05) is 0 Å². The molecule has 0 N–H and O–H groups in total. The highest BCUT2D eigenvalue weighted by Crippen LogP contribution is 2.05. The summed E-state index contributed by atoms with van der Waals surface area (Å²) in [7, 11) is 0. The van der Waals surface area contributed by atoms with Crippen LogP contribution in [0.15, 0.2) is 12.2 Å². The molecular formula is C11H21. The molecule has 0 saturated heterocycles. The van der Waals surface area contributed by atoms with Crippen LogP contribution < -0.4 is 0 Å². The zero-order valence-corrected chi connectivity index (χ0v) is 8.14. The molecule has 1 atom stereocenters. The van der Waals surface area contributed by atoms with Crippen molar-refractivity contribution in [2.45, 2.75) is 40.0 Å². The average molecular weight is 153 g/mol. The lowest BCUT2D eigenvalue weighted by Crippen LogP contribution is -1.85. The van der Waals surface area contributed by atoms with Gasteiger partial charge < -0.3 is 0 Å². The summed E-state index contributed by atoms with van der Waals surface area (Å²) in [6.07, 6.45) is 8.19. The van der Waals surface area contributed by atoms with Crippen molar-refractivity contribution in [3.63, 3.8) is 0 Å². The van der Waals surface area contributed by atoms with Crippen LogP contribution in [0.3, 0.4) is 0 Å². The topological polar surface area (TPSA) is 0 Å². The first-order valence-electron chi connectivity index (χ1n) is 4.61. The van der Waals surface area contributed by atoms with Gasteiger partial charge >= 0.3 is 0 Å². The Kier molecular flexibility index (Phi) is 6.30. The molecule has 1 unspecified atom stereocenters. The van der Waals surface area contributed by atoms with Crippen molar-refractivity contribution >= 4 is 0 Å². The largest absolute Gasteiger partial charge is 0.0885 e. The minimum absolute atomic E-state index is 0.596. The lowest BCUT2D eigenvalue weighted by molar-refractivity contribution is 0.643. The highest BCUT2D eigenvalue weighted by molar-refractivity contribution is 4.82. The number of rotatable bonds is 5. The second-order valence-electron chi connectivity index (χ2n) is 3.78. The monoisotopic (exact) mass is 153 g/mol. The molecule has 11 heavy (non-hydrogen) atoms. The van der Waals surface area contributed by atoms with Crippen LogP contribution in [0.25, 0.3) is 0 Å². The van der Waals surface area contributed by atoms with Gasteiger partial charge in [-0.05, 0) is 31.1 Å². The van der Waals surface area contributed by atoms with Gasteiger partial charge in [0.25, 0.3) is 0 Å². The Hall–Kier alpha value is -0.260. The highest BCUT2D eigenvalue weighted by Gasteiger charge is 1.90. The third-order valence-electron chi connectivity index (χ3n) is 1.60. The van der Waals surface area contributed by atoms with E-state index in [9.17, 15) is 0 Å². The third kappa shape index (κ3) is 9.74. The van der Waals surface area contributed by atoms with Crippen LogP contribution in [0.4, 0.5) is 0 Å². The van der Waals surface area contributed by atoms with Crippen molar-refractivity contribution in [2.24, 2.45) is 11.8 Å². The first kappa shape index (κ1) is 10.7. The molecule has 0 aliphatic rings. The van der Waals surface area contributed by atoms with Gasteiger partial charge in [0.1, 0.15) is 0 Å². The normalized spacial score (nSPS) is 12.2. The summed E-state index contributed by atoms with van der Waals surface area (Å²) in [5.41, 5.74) is 0. The molecule has 0 saturated carbocycles. The summed E-state index contributed by atoms with van der Waals surface area (Å²) < 4.78 is 0. The standard InChI is InChI=1S/C11H21/c1-10(2)8-6-5-7-9-11(3)4/h5,7,10-11H,1,6,8-9H2,2-4H3. The summed E-state index contributed by atoms with van der Waals surface area (Å²) >= 11 is 0. The van der Waals surface area contributed by atoms with Crippen LogP contribution in [0.2, 0.25) is 0 Å². The van der Waals surface area contributed by atoms with Crippen LogP contribution in [0.5, 0.6) is 0 Å². The maximum absolute atomic E-state index is 3.94. The molecule has 0 aromatic rings. The number of allylic oxidation sites excluding steroid dienone is 2. The van der Waals surface area contributed by atoms with E-state index in [1.807, 2.05) is 0 Å². The van der Waals surface area contributed by atoms with Crippen molar-refractivity contribution in [3.05, 3.63) is 19.1 Å². The van der Waals surface area contributed by atoms with E-state index >= 15 is 0 Å². The molecule has 0 aromatic carbocycles. The van der Waals surface area contributed by atoms with Gasteiger partial charge in [-0.15, -0.1) is 0 Å². The lowest BCUT2D eigenvalue weighted by atomic mass is 10.1. The summed E-state index contributed by atoms with van der Waals surface area (Å²) in [6.45, 7) is 10.6. The first-order valence-corrected chi connectivity index (χ1v) is 4.61. The number of hydrogen-bond acceptors (Lipinski definition) is 0. The zero-order chi connectivity index (χ0) is 8.69. The van der Waals surface area contributed by atoms with E-state index in [4.69, 9.17) is 0 Å². The molecule has 0 heterocycles. The van der Waals surface area contributed by atoms with Gasteiger partial charge in [-0.25, -0.2) is 0 Å². The van der Waals surface area contributed by atoms with Gasteiger partial charge in [0.2, 0.25) is 0 Å². The average Bonchev–Trinajstić information content (AvgIpc) is 1.85. The van der Waals surface area contributed by atoms with Gasteiger partial charge in [0.05, 0.1) is 0 Å². The minimum atomic E-state index is 0.596. The minimum Gasteiger partial charge on any atom is -0.0885 e. The summed E-state index contributed by atoms with van der Waals surface area (Å²) in [5, 5.41) is 0. The summed E-state index contributed by atoms with van der Waals surface area (Å²) in [6, 6.07) is 0. The van der Waals surface area contributed by atoms with E-state index in [0.717, 1.165) is 5.92 Å². The van der Waals surface area contributed by atoms with E-state index in [1.165, 1.54) is 19.3 Å². The second-order valence-corrected chi connectivity index (χ2v) is 3.78. The molecular weight excluding hydrogens is 132 g/mol. The van der Waals surface area contributed by atoms with Crippen molar-refractivity contribution in [3.8, 4) is 0 Å². The van der Waals surface area contributed by atoms with E-state index in [1.54, 1.807) is 0 Å². The van der Waals surface area contributed by atoms with Crippen LogP contribution in [-0.2, 0) is 0 Å². The van der Waals surface area contributed by atoms with Crippen molar-refractivity contribution in [1.29, 1.82) is 0 Å². The molecule has 0 aliphatic heterocycles. The van der Waals surface area contributed by atoms with E-state index in [0.29, 0.717) is 5.92 Å². The van der Waals surface area contributed by atoms with E-state index in [2.05, 4.69) is 39.8 Å². The van der Waals surface area contributed by atoms with Crippen LogP contribution in [-0.4, -0.2) is 0 Å². The maximum Gasteiger partial charge on any atom is -0.0327 e. The van der Waals surface area contributed by atoms with E-state index < -0.39 is 0 Å². The van der Waals surface area contributed by atoms with Gasteiger partial charge in [-0.3, -0.25) is 0 Å². The lowest BCUT2D eigenvalue weighted by Gasteiger charge is -1.99. The van der Waals surface area contributed by atoms with Crippen LogP contribution >= 0.6 is 0 Å². The number of hydrogen-bond donors (Lipinski definition) is 0. The fraction of sp³-hybridized carbons (Fsp3) is 0.727. The van der Waals surface area contributed by atoms with Gasteiger partial charge in [-0.1, -0.05) is 39.8 Å². The van der Waals surface area contributed by atoms with Crippen molar-refractivity contribution < 1.29 is 0 Å². The molecule has 0 amide bonds. The van der Waals surface area contributed by atoms with Gasteiger partial charge in [0.15, 0.2) is 0 Å². The smallest absolute Gasteiger partial charge is 0.0327 e. The van der Waals surface area contributed by atoms with Crippen LogP contribution in [0.1, 0.15) is 40.0 Å². The Morgan fingerprint density at radius 1 is 1.18 bits per heavy atom. The molecule has 0 rings (SSSR count). The van der Waals surface area contributed by atoms with E-state index in [-0.39, 0.29) is 0 Å². The predicted octanol–water partition coefficient (Wildman–Crippen LogP) is 3.84. The highest BCUT2D eigenvalue weighted by atomic mass is 14.0. The molecule has 0 heteroatoms. The maximum atomic E-state index is 3.94. The Bertz CT molecular complexity index is 98.6. The Morgan fingerprint density at radius 3 is 2.27 bits per heavy atom. The van der Waals surface area contributed by atoms with Crippen LogP contribution in [0, 0.1) is 18.8 Å². The molecule has 1 radical (unpaired) electrons. The molecule has 0 aromatic heterocycles. The molecule has 0 bridgehead atoms. The zero-order valence-electron chi connectivity index (χ0n) is 8.14. The Labute approximate surface area is 71.7 Å². The fourth-order valence-electron chi connectivity index (χ4n) is 0.867. The Balaban J connectivity index is 3.17. The third-order valence-corrected chi connectivity index (χ3v) is 1.60. The quantitative estimate of drug-likeness (QED) is 0.526. The SMILES string of the molecule is [CH2]C(C)CCC=CCC(C)C. The predicted molar refractivity (Wildman–Crippen MR) is 52.4 cm³/mol. The summed E-state index contributed by atoms with van der Waals surface area (Å²) in [4.78, 5) is 0.